The van der Waals surface area contributed by atoms with Gasteiger partial charge in [-0.05, 0) is 43.5 Å². The Kier molecular flexibility index (Phi) is 6.16. The number of anilines is 1. The maximum atomic E-state index is 13.1. The highest BCUT2D eigenvalue weighted by Gasteiger charge is 2.25. The standard InChI is InChI=1S/C21H27N5OS/c1-4-7-16(26-11-13(3)10-14(22)12-26)15(5-2)25-21(27)18-19-17(28-20(18)23)8-6-9-24-19/h4-9,13-14H,2,10-12,22-23H2,1,3H3,(H,25,27)/b7-4-,16-15-/t13-,14+/m1/s1. The largest absolute Gasteiger partial charge is 0.390 e. The Labute approximate surface area is 169 Å². The van der Waals surface area contributed by atoms with Crippen LogP contribution >= 0.6 is 11.3 Å². The van der Waals surface area contributed by atoms with Gasteiger partial charge in [0.1, 0.15) is 10.6 Å². The number of thiophene rings is 1. The van der Waals surface area contributed by atoms with Crippen molar-refractivity contribution in [3.05, 3.63) is 60.1 Å². The highest BCUT2D eigenvalue weighted by Crippen LogP contribution is 2.32. The Balaban J connectivity index is 1.96. The van der Waals surface area contributed by atoms with Crippen LogP contribution in [0.25, 0.3) is 10.2 Å². The van der Waals surface area contributed by atoms with Crippen LogP contribution in [0.5, 0.6) is 0 Å². The van der Waals surface area contributed by atoms with E-state index in [1.807, 2.05) is 31.2 Å². The molecule has 0 aromatic carbocycles. The first kappa shape index (κ1) is 20.1. The lowest BCUT2D eigenvalue weighted by atomic mass is 9.96. The maximum Gasteiger partial charge on any atom is 0.260 e. The van der Waals surface area contributed by atoms with Gasteiger partial charge in [-0.15, -0.1) is 11.3 Å². The van der Waals surface area contributed by atoms with E-state index in [4.69, 9.17) is 11.5 Å². The van der Waals surface area contributed by atoms with E-state index < -0.39 is 0 Å². The molecule has 2 aromatic rings. The number of hydrogen-bond donors (Lipinski definition) is 3. The predicted octanol–water partition coefficient (Wildman–Crippen LogP) is 3.25. The smallest absolute Gasteiger partial charge is 0.260 e. The first-order chi connectivity index (χ1) is 13.4. The molecule has 0 unspecified atom stereocenters. The SMILES string of the molecule is C=C/C(NC(=O)c1c(N)sc2cccnc12)=C(\C=C/C)N1C[C@H](C)C[C@H](N)C1. The van der Waals surface area contributed by atoms with Gasteiger partial charge in [-0.25, -0.2) is 0 Å². The molecule has 148 valence electrons. The number of nitrogen functional groups attached to an aromatic ring is 1. The second kappa shape index (κ2) is 8.58. The summed E-state index contributed by atoms with van der Waals surface area (Å²) in [5.74, 6) is 0.195. The summed E-state index contributed by atoms with van der Waals surface area (Å²) >= 11 is 1.36. The van der Waals surface area contributed by atoms with Crippen molar-refractivity contribution in [2.75, 3.05) is 18.8 Å². The van der Waals surface area contributed by atoms with Crippen LogP contribution < -0.4 is 16.8 Å². The lowest BCUT2D eigenvalue weighted by Gasteiger charge is -2.37. The van der Waals surface area contributed by atoms with Crippen LogP contribution in [0.3, 0.4) is 0 Å². The molecule has 5 N–H and O–H groups in total. The molecule has 7 heteroatoms. The van der Waals surface area contributed by atoms with Crippen molar-refractivity contribution in [1.29, 1.82) is 0 Å². The predicted molar refractivity (Wildman–Crippen MR) is 117 cm³/mol. The lowest BCUT2D eigenvalue weighted by Crippen LogP contribution is -2.46. The highest BCUT2D eigenvalue weighted by atomic mass is 32.1. The molecule has 3 rings (SSSR count). The summed E-state index contributed by atoms with van der Waals surface area (Å²) in [5.41, 5.74) is 14.9. The number of aromatic nitrogens is 1. The van der Waals surface area contributed by atoms with Crippen LogP contribution in [0.1, 0.15) is 30.6 Å². The van der Waals surface area contributed by atoms with Crippen molar-refractivity contribution in [1.82, 2.24) is 15.2 Å². The Bertz CT molecular complexity index is 935. The van der Waals surface area contributed by atoms with Gasteiger partial charge in [-0.1, -0.05) is 19.6 Å². The van der Waals surface area contributed by atoms with E-state index in [1.165, 1.54) is 11.3 Å². The average Bonchev–Trinajstić information content (AvgIpc) is 2.99. The number of nitrogens with one attached hydrogen (secondary N) is 1. The first-order valence-corrected chi connectivity index (χ1v) is 10.2. The minimum atomic E-state index is -0.284. The number of piperidine rings is 1. The summed E-state index contributed by atoms with van der Waals surface area (Å²) < 4.78 is 0.888. The Morgan fingerprint density at radius 3 is 2.93 bits per heavy atom. The van der Waals surface area contributed by atoms with Crippen LogP contribution in [0.15, 0.2) is 54.5 Å². The molecule has 1 fully saturated rings. The van der Waals surface area contributed by atoms with Crippen molar-refractivity contribution in [2.45, 2.75) is 26.3 Å². The minimum absolute atomic E-state index is 0.103. The molecule has 6 nitrogen and oxygen atoms in total. The van der Waals surface area contributed by atoms with Gasteiger partial charge in [0.15, 0.2) is 0 Å². The number of allylic oxidation sites excluding steroid dienone is 3. The summed E-state index contributed by atoms with van der Waals surface area (Å²) in [5, 5.41) is 3.44. The van der Waals surface area contributed by atoms with Crippen LogP contribution in [-0.4, -0.2) is 34.9 Å². The van der Waals surface area contributed by atoms with E-state index in [9.17, 15) is 4.79 Å². The summed E-state index contributed by atoms with van der Waals surface area (Å²) in [6, 6.07) is 3.85. The molecule has 2 aromatic heterocycles. The van der Waals surface area contributed by atoms with Gasteiger partial charge in [0.2, 0.25) is 0 Å². The molecule has 3 heterocycles. The first-order valence-electron chi connectivity index (χ1n) is 9.38. The molecular formula is C21H27N5OS. The summed E-state index contributed by atoms with van der Waals surface area (Å²) in [7, 11) is 0. The topological polar surface area (TPSA) is 97.3 Å². The second-order valence-electron chi connectivity index (χ2n) is 7.15. The number of amides is 1. The molecule has 0 bridgehead atoms. The Hall–Kier alpha value is -2.64. The fourth-order valence-corrected chi connectivity index (χ4v) is 4.62. The monoisotopic (exact) mass is 397 g/mol. The van der Waals surface area contributed by atoms with E-state index >= 15 is 0 Å². The molecule has 0 saturated carbocycles. The number of hydrogen-bond acceptors (Lipinski definition) is 6. The number of nitrogens with zero attached hydrogens (tertiary/aromatic N) is 2. The van der Waals surface area contributed by atoms with Gasteiger partial charge in [-0.2, -0.15) is 0 Å². The quantitative estimate of drug-likeness (QED) is 0.673. The summed E-state index contributed by atoms with van der Waals surface area (Å²) in [4.78, 5) is 19.6. The number of carbonyl (C=O) groups is 1. The zero-order chi connectivity index (χ0) is 20.3. The fraction of sp³-hybridized carbons (Fsp3) is 0.333. The van der Waals surface area contributed by atoms with Crippen molar-refractivity contribution in [3.63, 3.8) is 0 Å². The van der Waals surface area contributed by atoms with E-state index in [0.29, 0.717) is 27.7 Å². The third kappa shape index (κ3) is 4.10. The van der Waals surface area contributed by atoms with Gasteiger partial charge < -0.3 is 21.7 Å². The van der Waals surface area contributed by atoms with Gasteiger partial charge in [0.05, 0.1) is 21.6 Å². The average molecular weight is 398 g/mol. The fourth-order valence-electron chi connectivity index (χ4n) is 3.69. The number of pyridine rings is 1. The number of carbonyl (C=O) groups excluding carboxylic acids is 1. The number of rotatable bonds is 5. The molecule has 28 heavy (non-hydrogen) atoms. The minimum Gasteiger partial charge on any atom is -0.390 e. The maximum absolute atomic E-state index is 13.1. The van der Waals surface area contributed by atoms with Crippen LogP contribution in [0, 0.1) is 5.92 Å². The third-order valence-corrected chi connectivity index (χ3v) is 5.76. The van der Waals surface area contributed by atoms with Crippen molar-refractivity contribution < 1.29 is 4.79 Å². The van der Waals surface area contributed by atoms with Crippen LogP contribution in [0.4, 0.5) is 5.00 Å². The molecule has 0 aliphatic carbocycles. The Morgan fingerprint density at radius 2 is 2.25 bits per heavy atom. The number of likely N-dealkylation sites (tertiary alicyclic amines) is 1. The van der Waals surface area contributed by atoms with Gasteiger partial charge >= 0.3 is 0 Å². The molecule has 1 amide bonds. The molecule has 0 radical (unpaired) electrons. The number of fused-ring (bicyclic) bond motifs is 1. The number of nitrogens with two attached hydrogens (primary N) is 2. The van der Waals surface area contributed by atoms with E-state index in [1.54, 1.807) is 12.3 Å². The molecule has 0 spiro atoms. The van der Waals surface area contributed by atoms with E-state index in [0.717, 1.165) is 29.9 Å². The Morgan fingerprint density at radius 1 is 1.46 bits per heavy atom. The van der Waals surface area contributed by atoms with Crippen molar-refractivity contribution >= 4 is 32.5 Å². The van der Waals surface area contributed by atoms with E-state index in [2.05, 4.69) is 28.7 Å². The summed E-state index contributed by atoms with van der Waals surface area (Å²) in [6.07, 6.45) is 8.26. The van der Waals surface area contributed by atoms with E-state index in [-0.39, 0.29) is 11.9 Å². The molecule has 2 atom stereocenters. The van der Waals surface area contributed by atoms with Crippen molar-refractivity contribution in [3.8, 4) is 0 Å². The van der Waals surface area contributed by atoms with Gasteiger partial charge in [0, 0.05) is 25.3 Å². The highest BCUT2D eigenvalue weighted by molar-refractivity contribution is 7.23. The van der Waals surface area contributed by atoms with Crippen molar-refractivity contribution in [2.24, 2.45) is 11.7 Å². The molecule has 1 aliphatic heterocycles. The third-order valence-electron chi connectivity index (χ3n) is 4.79. The zero-order valence-corrected chi connectivity index (χ0v) is 17.1. The van der Waals surface area contributed by atoms with Crippen LogP contribution in [-0.2, 0) is 0 Å². The van der Waals surface area contributed by atoms with Gasteiger partial charge in [-0.3, -0.25) is 9.78 Å². The summed E-state index contributed by atoms with van der Waals surface area (Å²) in [6.45, 7) is 9.66. The zero-order valence-electron chi connectivity index (χ0n) is 16.3. The molecular weight excluding hydrogens is 370 g/mol. The van der Waals surface area contributed by atoms with Gasteiger partial charge in [0.25, 0.3) is 5.91 Å². The normalized spacial score (nSPS) is 21.0. The lowest BCUT2D eigenvalue weighted by molar-refractivity contribution is 0.0968. The van der Waals surface area contributed by atoms with Crippen LogP contribution in [0.2, 0.25) is 0 Å². The molecule has 1 aliphatic rings. The molecule has 1 saturated heterocycles. The second-order valence-corrected chi connectivity index (χ2v) is 8.24.